The second-order valence-corrected chi connectivity index (χ2v) is 6.79. The van der Waals surface area contributed by atoms with Crippen molar-refractivity contribution in [3.8, 4) is 0 Å². The quantitative estimate of drug-likeness (QED) is 0.490. The average molecular weight is 362 g/mol. The van der Waals surface area contributed by atoms with Crippen LogP contribution in [0.4, 0.5) is 4.39 Å². The van der Waals surface area contributed by atoms with Crippen LogP contribution < -0.4 is 5.32 Å². The van der Waals surface area contributed by atoms with Crippen molar-refractivity contribution in [1.82, 2.24) is 15.2 Å². The summed E-state index contributed by atoms with van der Waals surface area (Å²) in [6, 6.07) is 10.5. The first-order chi connectivity index (χ1) is 11.6. The number of aromatic nitrogens is 1. The molecule has 6 heteroatoms. The smallest absolute Gasteiger partial charge is 0.126 e. The molecule has 2 aromatic rings. The number of thiol groups is 1. The van der Waals surface area contributed by atoms with Crippen LogP contribution in [0.15, 0.2) is 48.8 Å². The minimum Gasteiger partial charge on any atom is -0.352 e. The van der Waals surface area contributed by atoms with Crippen molar-refractivity contribution in [1.29, 1.82) is 0 Å². The average Bonchev–Trinajstić information content (AvgIpc) is 2.63. The zero-order valence-electron chi connectivity index (χ0n) is 13.2. The van der Waals surface area contributed by atoms with Crippen LogP contribution in [0, 0.1) is 5.82 Å². The molecule has 3 rings (SSSR count). The Morgan fingerprint density at radius 3 is 2.79 bits per heavy atom. The molecule has 2 unspecified atom stereocenters. The Bertz CT molecular complexity index is 678. The van der Waals surface area contributed by atoms with E-state index in [1.165, 1.54) is 24.1 Å². The molecular formula is C18H20FN3S2. The fourth-order valence-corrected chi connectivity index (χ4v) is 3.80. The van der Waals surface area contributed by atoms with E-state index in [4.69, 9.17) is 24.8 Å². The molecular weight excluding hydrogens is 341 g/mol. The molecule has 1 fully saturated rings. The lowest BCUT2D eigenvalue weighted by Gasteiger charge is -2.39. The number of rotatable bonds is 4. The number of hydrogen-bond acceptors (Lipinski definition) is 4. The van der Waals surface area contributed by atoms with Gasteiger partial charge in [0.15, 0.2) is 0 Å². The highest BCUT2D eigenvalue weighted by molar-refractivity contribution is 7.82. The number of nitrogens with one attached hydrogen (secondary N) is 1. The van der Waals surface area contributed by atoms with Gasteiger partial charge in [0.2, 0.25) is 0 Å². The van der Waals surface area contributed by atoms with Crippen LogP contribution >= 0.6 is 24.8 Å². The molecule has 1 N–H and O–H groups in total. The minimum atomic E-state index is -0.267. The maximum Gasteiger partial charge on any atom is 0.126 e. The summed E-state index contributed by atoms with van der Waals surface area (Å²) in [5.41, 5.74) is 1.79. The molecule has 1 aliphatic heterocycles. The van der Waals surface area contributed by atoms with Gasteiger partial charge in [-0.3, -0.25) is 9.88 Å². The summed E-state index contributed by atoms with van der Waals surface area (Å²) in [6.45, 7) is 0.951. The normalized spacial score (nSPS) is 19.7. The molecule has 1 aliphatic rings. The van der Waals surface area contributed by atoms with Crippen molar-refractivity contribution in [2.24, 2.45) is 0 Å². The van der Waals surface area contributed by atoms with Gasteiger partial charge in [-0.2, -0.15) is 0 Å². The SMILES string of the molecule is Fc1ccc(C(=S)NC(S)N2CCCCC2c2cccnc2)cc1. The van der Waals surface area contributed by atoms with Gasteiger partial charge in [-0.25, -0.2) is 4.39 Å². The first kappa shape index (κ1) is 17.3. The summed E-state index contributed by atoms with van der Waals surface area (Å²) in [5, 5.41) is 3.26. The van der Waals surface area contributed by atoms with Crippen molar-refractivity contribution in [3.63, 3.8) is 0 Å². The van der Waals surface area contributed by atoms with Crippen molar-refractivity contribution >= 4 is 29.8 Å². The van der Waals surface area contributed by atoms with Gasteiger partial charge in [-0.05, 0) is 48.7 Å². The molecule has 24 heavy (non-hydrogen) atoms. The second-order valence-electron chi connectivity index (χ2n) is 5.89. The van der Waals surface area contributed by atoms with E-state index in [0.717, 1.165) is 24.9 Å². The molecule has 1 aromatic carbocycles. The van der Waals surface area contributed by atoms with Crippen LogP contribution in [-0.4, -0.2) is 26.9 Å². The minimum absolute atomic E-state index is 0.201. The van der Waals surface area contributed by atoms with Crippen LogP contribution in [0.3, 0.4) is 0 Å². The van der Waals surface area contributed by atoms with Gasteiger partial charge < -0.3 is 5.32 Å². The predicted octanol–water partition coefficient (Wildman–Crippen LogP) is 3.93. The summed E-state index contributed by atoms with van der Waals surface area (Å²) in [4.78, 5) is 7.12. The summed E-state index contributed by atoms with van der Waals surface area (Å²) < 4.78 is 13.0. The number of benzene rings is 1. The first-order valence-electron chi connectivity index (χ1n) is 8.05. The van der Waals surface area contributed by atoms with Gasteiger partial charge in [0.1, 0.15) is 16.3 Å². The zero-order chi connectivity index (χ0) is 16.9. The summed E-state index contributed by atoms with van der Waals surface area (Å²) in [7, 11) is 0. The van der Waals surface area contributed by atoms with Crippen molar-refractivity contribution in [2.45, 2.75) is 30.8 Å². The Morgan fingerprint density at radius 2 is 2.08 bits per heavy atom. The maximum absolute atomic E-state index is 13.0. The predicted molar refractivity (Wildman–Crippen MR) is 102 cm³/mol. The maximum atomic E-state index is 13.0. The van der Waals surface area contributed by atoms with Gasteiger partial charge in [-0.1, -0.05) is 24.7 Å². The molecule has 0 saturated carbocycles. The van der Waals surface area contributed by atoms with Gasteiger partial charge in [-0.15, -0.1) is 12.6 Å². The summed E-state index contributed by atoms with van der Waals surface area (Å²) in [6.07, 6.45) is 7.12. The van der Waals surface area contributed by atoms with Crippen LogP contribution in [0.1, 0.15) is 36.4 Å². The van der Waals surface area contributed by atoms with Crippen LogP contribution in [0.5, 0.6) is 0 Å². The van der Waals surface area contributed by atoms with E-state index in [0.29, 0.717) is 4.99 Å². The zero-order valence-corrected chi connectivity index (χ0v) is 14.9. The summed E-state index contributed by atoms with van der Waals surface area (Å²) >= 11 is 10.2. The monoisotopic (exact) mass is 361 g/mol. The van der Waals surface area contributed by atoms with Gasteiger partial charge in [0.05, 0.1) is 0 Å². The lowest BCUT2D eigenvalue weighted by atomic mass is 9.97. The third kappa shape index (κ3) is 4.12. The number of hydrogen-bond donors (Lipinski definition) is 2. The molecule has 1 aromatic heterocycles. The number of likely N-dealkylation sites (tertiary alicyclic amines) is 1. The van der Waals surface area contributed by atoms with Crippen molar-refractivity contribution in [3.05, 3.63) is 65.7 Å². The molecule has 3 nitrogen and oxygen atoms in total. The Balaban J connectivity index is 1.71. The van der Waals surface area contributed by atoms with E-state index in [-0.39, 0.29) is 17.4 Å². The van der Waals surface area contributed by atoms with Crippen LogP contribution in [-0.2, 0) is 0 Å². The second kappa shape index (κ2) is 8.05. The van der Waals surface area contributed by atoms with Crippen LogP contribution in [0.25, 0.3) is 0 Å². The third-order valence-electron chi connectivity index (χ3n) is 4.29. The Labute approximate surface area is 152 Å². The molecule has 0 spiro atoms. The number of nitrogens with zero attached hydrogens (tertiary/aromatic N) is 2. The van der Waals surface area contributed by atoms with E-state index in [9.17, 15) is 4.39 Å². The van der Waals surface area contributed by atoms with Gasteiger partial charge in [0.25, 0.3) is 0 Å². The molecule has 2 heterocycles. The van der Waals surface area contributed by atoms with Crippen molar-refractivity contribution in [2.75, 3.05) is 6.54 Å². The molecule has 0 radical (unpaired) electrons. The Kier molecular flexibility index (Phi) is 5.81. The number of pyridine rings is 1. The number of thiocarbonyl (C=S) groups is 1. The Hall–Kier alpha value is -1.50. The number of piperidine rings is 1. The highest BCUT2D eigenvalue weighted by atomic mass is 32.1. The lowest BCUT2D eigenvalue weighted by Crippen LogP contribution is -2.48. The van der Waals surface area contributed by atoms with E-state index >= 15 is 0 Å². The van der Waals surface area contributed by atoms with E-state index in [1.54, 1.807) is 18.3 Å². The Morgan fingerprint density at radius 1 is 1.29 bits per heavy atom. The molecule has 0 amide bonds. The van der Waals surface area contributed by atoms with E-state index < -0.39 is 0 Å². The highest BCUT2D eigenvalue weighted by Crippen LogP contribution is 2.32. The highest BCUT2D eigenvalue weighted by Gasteiger charge is 2.28. The molecule has 2 atom stereocenters. The van der Waals surface area contributed by atoms with E-state index in [2.05, 4.69) is 21.3 Å². The largest absolute Gasteiger partial charge is 0.352 e. The first-order valence-corrected chi connectivity index (χ1v) is 8.98. The third-order valence-corrected chi connectivity index (χ3v) is 5.07. The van der Waals surface area contributed by atoms with Crippen LogP contribution in [0.2, 0.25) is 0 Å². The topological polar surface area (TPSA) is 28.2 Å². The standard InChI is InChI=1S/C18H20FN3S2/c19-15-8-6-13(7-9-15)17(23)21-18(24)22-11-2-1-5-16(22)14-4-3-10-20-12-14/h3-4,6-10,12,16,18,24H,1-2,5,11H2,(H,21,23). The molecule has 0 bridgehead atoms. The molecule has 1 saturated heterocycles. The summed E-state index contributed by atoms with van der Waals surface area (Å²) in [5.74, 6) is -0.267. The molecule has 0 aliphatic carbocycles. The van der Waals surface area contributed by atoms with E-state index in [1.807, 2.05) is 12.3 Å². The van der Waals surface area contributed by atoms with Gasteiger partial charge >= 0.3 is 0 Å². The fraction of sp³-hybridized carbons (Fsp3) is 0.333. The van der Waals surface area contributed by atoms with Crippen molar-refractivity contribution < 1.29 is 4.39 Å². The molecule has 126 valence electrons. The lowest BCUT2D eigenvalue weighted by molar-refractivity contribution is 0.130. The van der Waals surface area contributed by atoms with Gasteiger partial charge in [0, 0.05) is 30.5 Å². The fourth-order valence-electron chi connectivity index (χ4n) is 3.06. The number of halogens is 1.